The number of aromatic hydroxyl groups is 1. The molecule has 0 atom stereocenters. The zero-order valence-corrected chi connectivity index (χ0v) is 11.0. The maximum Gasteiger partial charge on any atom is 0.255 e. The van der Waals surface area contributed by atoms with Gasteiger partial charge in [-0.1, -0.05) is 12.1 Å². The van der Waals surface area contributed by atoms with Gasteiger partial charge in [-0.2, -0.15) is 5.10 Å². The molecule has 0 spiro atoms. The molecule has 0 fully saturated rings. The first-order valence-electron chi connectivity index (χ1n) is 6.28. The molecule has 6 heteroatoms. The van der Waals surface area contributed by atoms with Gasteiger partial charge in [-0.15, -0.1) is 0 Å². The SMILES string of the molecule is O=C(Nc1ccccc1O)c1ccc(-n2cncn2)cc1. The van der Waals surface area contributed by atoms with E-state index >= 15 is 0 Å². The Morgan fingerprint density at radius 1 is 1.10 bits per heavy atom. The molecular formula is C15H12N4O2. The fourth-order valence-electron chi connectivity index (χ4n) is 1.88. The van der Waals surface area contributed by atoms with Gasteiger partial charge in [0.05, 0.1) is 11.4 Å². The normalized spacial score (nSPS) is 10.3. The van der Waals surface area contributed by atoms with Gasteiger partial charge in [0.25, 0.3) is 5.91 Å². The van der Waals surface area contributed by atoms with Crippen LogP contribution in [-0.2, 0) is 0 Å². The number of phenolic OH excluding ortho intramolecular Hbond substituents is 1. The Morgan fingerprint density at radius 3 is 2.52 bits per heavy atom. The summed E-state index contributed by atoms with van der Waals surface area (Å²) in [5.41, 5.74) is 1.68. The molecule has 1 amide bonds. The fraction of sp³-hybridized carbons (Fsp3) is 0. The van der Waals surface area contributed by atoms with Crippen molar-refractivity contribution in [2.45, 2.75) is 0 Å². The number of rotatable bonds is 3. The molecule has 0 aliphatic rings. The highest BCUT2D eigenvalue weighted by Gasteiger charge is 2.08. The summed E-state index contributed by atoms with van der Waals surface area (Å²) < 4.78 is 1.60. The molecule has 0 aliphatic carbocycles. The van der Waals surface area contributed by atoms with Gasteiger partial charge in [-0.25, -0.2) is 9.67 Å². The quantitative estimate of drug-likeness (QED) is 0.721. The van der Waals surface area contributed by atoms with E-state index < -0.39 is 0 Å². The van der Waals surface area contributed by atoms with E-state index in [1.165, 1.54) is 12.4 Å². The van der Waals surface area contributed by atoms with Crippen LogP contribution in [0.25, 0.3) is 5.69 Å². The standard InChI is InChI=1S/C15H12N4O2/c20-14-4-2-1-3-13(14)18-15(21)11-5-7-12(8-6-11)19-10-16-9-17-19/h1-10,20H,(H,18,21). The molecule has 0 unspecified atom stereocenters. The number of hydrogen-bond acceptors (Lipinski definition) is 4. The summed E-state index contributed by atoms with van der Waals surface area (Å²) in [7, 11) is 0. The summed E-state index contributed by atoms with van der Waals surface area (Å²) in [5.74, 6) is -0.258. The van der Waals surface area contributed by atoms with Crippen LogP contribution < -0.4 is 5.32 Å². The maximum atomic E-state index is 12.1. The molecule has 6 nitrogen and oxygen atoms in total. The smallest absolute Gasteiger partial charge is 0.255 e. The predicted molar refractivity (Wildman–Crippen MR) is 77.4 cm³/mol. The lowest BCUT2D eigenvalue weighted by Crippen LogP contribution is -2.12. The third-order valence-electron chi connectivity index (χ3n) is 2.97. The minimum Gasteiger partial charge on any atom is -0.506 e. The van der Waals surface area contributed by atoms with Gasteiger partial charge >= 0.3 is 0 Å². The number of nitrogens with zero attached hydrogens (tertiary/aromatic N) is 3. The Bertz CT molecular complexity index is 752. The molecule has 0 saturated carbocycles. The third kappa shape index (κ3) is 2.74. The van der Waals surface area contributed by atoms with E-state index in [1.807, 2.05) is 0 Å². The summed E-state index contributed by atoms with van der Waals surface area (Å²) >= 11 is 0. The topological polar surface area (TPSA) is 80.0 Å². The van der Waals surface area contributed by atoms with E-state index in [0.717, 1.165) is 5.69 Å². The van der Waals surface area contributed by atoms with Gasteiger partial charge < -0.3 is 10.4 Å². The number of benzene rings is 2. The molecule has 2 N–H and O–H groups in total. The zero-order valence-electron chi connectivity index (χ0n) is 11.0. The van der Waals surface area contributed by atoms with E-state index in [1.54, 1.807) is 53.5 Å². The zero-order chi connectivity index (χ0) is 14.7. The van der Waals surface area contributed by atoms with Crippen molar-refractivity contribution >= 4 is 11.6 Å². The van der Waals surface area contributed by atoms with Crippen molar-refractivity contribution in [3.8, 4) is 11.4 Å². The van der Waals surface area contributed by atoms with Crippen molar-refractivity contribution in [1.82, 2.24) is 14.8 Å². The second-order valence-electron chi connectivity index (χ2n) is 4.36. The Kier molecular flexibility index (Phi) is 3.34. The summed E-state index contributed by atoms with van der Waals surface area (Å²) in [6.07, 6.45) is 3.02. The number of aromatic nitrogens is 3. The predicted octanol–water partition coefficient (Wildman–Crippen LogP) is 2.23. The summed E-state index contributed by atoms with van der Waals surface area (Å²) in [6.45, 7) is 0. The molecule has 1 aromatic heterocycles. The van der Waals surface area contributed by atoms with Gasteiger partial charge in [0, 0.05) is 5.56 Å². The monoisotopic (exact) mass is 280 g/mol. The fourth-order valence-corrected chi connectivity index (χ4v) is 1.88. The number of carbonyl (C=O) groups excluding carboxylic acids is 1. The van der Waals surface area contributed by atoms with E-state index in [4.69, 9.17) is 0 Å². The number of phenols is 1. The Hall–Kier alpha value is -3.15. The Balaban J connectivity index is 1.78. The van der Waals surface area contributed by atoms with Crippen LogP contribution >= 0.6 is 0 Å². The first-order chi connectivity index (χ1) is 10.2. The van der Waals surface area contributed by atoms with Gasteiger partial charge in [0.1, 0.15) is 18.4 Å². The number of hydrogen-bond donors (Lipinski definition) is 2. The van der Waals surface area contributed by atoms with Crippen LogP contribution in [0.2, 0.25) is 0 Å². The summed E-state index contributed by atoms with van der Waals surface area (Å²) in [4.78, 5) is 16.0. The molecule has 21 heavy (non-hydrogen) atoms. The van der Waals surface area contributed by atoms with Crippen LogP contribution in [-0.4, -0.2) is 25.8 Å². The molecule has 2 aromatic carbocycles. The largest absolute Gasteiger partial charge is 0.506 e. The number of para-hydroxylation sites is 2. The average molecular weight is 280 g/mol. The highest BCUT2D eigenvalue weighted by atomic mass is 16.3. The van der Waals surface area contributed by atoms with Gasteiger partial charge in [0.15, 0.2) is 0 Å². The molecule has 3 rings (SSSR count). The second-order valence-corrected chi connectivity index (χ2v) is 4.36. The molecular weight excluding hydrogens is 268 g/mol. The van der Waals surface area contributed by atoms with Crippen molar-refractivity contribution in [2.24, 2.45) is 0 Å². The third-order valence-corrected chi connectivity index (χ3v) is 2.97. The molecule has 1 heterocycles. The van der Waals surface area contributed by atoms with Crippen LogP contribution in [0.3, 0.4) is 0 Å². The second kappa shape index (κ2) is 5.46. The van der Waals surface area contributed by atoms with E-state index in [-0.39, 0.29) is 11.7 Å². The Labute approximate surface area is 120 Å². The summed E-state index contributed by atoms with van der Waals surface area (Å²) in [5, 5.41) is 16.3. The van der Waals surface area contributed by atoms with Crippen molar-refractivity contribution in [1.29, 1.82) is 0 Å². The highest BCUT2D eigenvalue weighted by Crippen LogP contribution is 2.22. The Morgan fingerprint density at radius 2 is 1.86 bits per heavy atom. The van der Waals surface area contributed by atoms with E-state index in [0.29, 0.717) is 11.3 Å². The van der Waals surface area contributed by atoms with Crippen LogP contribution in [0, 0.1) is 0 Å². The number of anilines is 1. The van der Waals surface area contributed by atoms with Crippen LogP contribution in [0.1, 0.15) is 10.4 Å². The molecule has 0 saturated heterocycles. The summed E-state index contributed by atoms with van der Waals surface area (Å²) in [6, 6.07) is 13.5. The number of amides is 1. The van der Waals surface area contributed by atoms with Gasteiger partial charge in [-0.3, -0.25) is 4.79 Å². The number of nitrogens with one attached hydrogen (secondary N) is 1. The molecule has 104 valence electrons. The molecule has 3 aromatic rings. The molecule has 0 aliphatic heterocycles. The molecule has 0 bridgehead atoms. The lowest BCUT2D eigenvalue weighted by Gasteiger charge is -2.07. The maximum absolute atomic E-state index is 12.1. The van der Waals surface area contributed by atoms with E-state index in [2.05, 4.69) is 15.4 Å². The van der Waals surface area contributed by atoms with Gasteiger partial charge in [0.2, 0.25) is 0 Å². The van der Waals surface area contributed by atoms with Crippen molar-refractivity contribution in [3.05, 3.63) is 66.7 Å². The van der Waals surface area contributed by atoms with Crippen LogP contribution in [0.15, 0.2) is 61.2 Å². The minimum absolute atomic E-state index is 0.0325. The van der Waals surface area contributed by atoms with Crippen molar-refractivity contribution in [3.63, 3.8) is 0 Å². The minimum atomic E-state index is -0.290. The highest BCUT2D eigenvalue weighted by molar-refractivity contribution is 6.05. The van der Waals surface area contributed by atoms with Crippen LogP contribution in [0.4, 0.5) is 5.69 Å². The van der Waals surface area contributed by atoms with Crippen molar-refractivity contribution < 1.29 is 9.90 Å². The average Bonchev–Trinajstić information content (AvgIpc) is 3.04. The number of carbonyl (C=O) groups is 1. The lowest BCUT2D eigenvalue weighted by molar-refractivity contribution is 0.102. The lowest BCUT2D eigenvalue weighted by atomic mass is 10.2. The van der Waals surface area contributed by atoms with E-state index in [9.17, 15) is 9.90 Å². The first-order valence-corrected chi connectivity index (χ1v) is 6.28. The molecule has 0 radical (unpaired) electrons. The van der Waals surface area contributed by atoms with Crippen molar-refractivity contribution in [2.75, 3.05) is 5.32 Å². The van der Waals surface area contributed by atoms with Crippen LogP contribution in [0.5, 0.6) is 5.75 Å². The van der Waals surface area contributed by atoms with Gasteiger partial charge in [-0.05, 0) is 36.4 Å². The first kappa shape index (κ1) is 12.9.